The fourth-order valence-corrected chi connectivity index (χ4v) is 3.24. The van der Waals surface area contributed by atoms with Gasteiger partial charge in [0.05, 0.1) is 7.11 Å². The van der Waals surface area contributed by atoms with E-state index < -0.39 is 0 Å². The van der Waals surface area contributed by atoms with Gasteiger partial charge in [0.25, 0.3) is 0 Å². The van der Waals surface area contributed by atoms with E-state index in [0.717, 1.165) is 18.7 Å². The van der Waals surface area contributed by atoms with Crippen molar-refractivity contribution in [1.29, 1.82) is 0 Å². The molecule has 0 unspecified atom stereocenters. The third kappa shape index (κ3) is 6.51. The number of nitrogens with one attached hydrogen (secondary N) is 1. The van der Waals surface area contributed by atoms with Crippen LogP contribution in [0.5, 0.6) is 5.75 Å². The zero-order chi connectivity index (χ0) is 16.5. The standard InChI is InChI=1S/C20H26INO/c1-16(14-18-15-19(23-2)11-12-20(18)21)22-13-7-6-10-17-8-4-3-5-9-17/h3-5,8-9,11-12,15-16,22H,6-7,10,13-14H2,1-2H3/t16-/m1/s1. The number of hydrogen-bond donors (Lipinski definition) is 1. The van der Waals surface area contributed by atoms with Crippen molar-refractivity contribution in [3.05, 3.63) is 63.2 Å². The van der Waals surface area contributed by atoms with E-state index in [1.54, 1.807) is 7.11 Å². The minimum absolute atomic E-state index is 0.479. The van der Waals surface area contributed by atoms with Gasteiger partial charge in [0.15, 0.2) is 0 Å². The molecule has 0 radical (unpaired) electrons. The maximum atomic E-state index is 5.32. The summed E-state index contributed by atoms with van der Waals surface area (Å²) in [4.78, 5) is 0. The SMILES string of the molecule is COc1ccc(I)c(C[C@@H](C)NCCCCc2ccccc2)c1. The smallest absolute Gasteiger partial charge is 0.119 e. The van der Waals surface area contributed by atoms with Crippen molar-refractivity contribution in [1.82, 2.24) is 5.32 Å². The number of hydrogen-bond acceptors (Lipinski definition) is 2. The van der Waals surface area contributed by atoms with E-state index in [4.69, 9.17) is 4.74 Å². The van der Waals surface area contributed by atoms with Gasteiger partial charge in [-0.05, 0) is 91.1 Å². The van der Waals surface area contributed by atoms with Gasteiger partial charge < -0.3 is 10.1 Å². The molecule has 0 fully saturated rings. The molecule has 2 nitrogen and oxygen atoms in total. The molecule has 2 rings (SSSR count). The van der Waals surface area contributed by atoms with Gasteiger partial charge in [-0.2, -0.15) is 0 Å². The van der Waals surface area contributed by atoms with Crippen LogP contribution in [0.2, 0.25) is 0 Å². The van der Waals surface area contributed by atoms with Gasteiger partial charge in [0, 0.05) is 9.61 Å². The highest BCUT2D eigenvalue weighted by Crippen LogP contribution is 2.20. The monoisotopic (exact) mass is 423 g/mol. The molecule has 124 valence electrons. The van der Waals surface area contributed by atoms with Gasteiger partial charge in [-0.3, -0.25) is 0 Å². The lowest BCUT2D eigenvalue weighted by molar-refractivity contribution is 0.413. The zero-order valence-electron chi connectivity index (χ0n) is 14.0. The summed E-state index contributed by atoms with van der Waals surface area (Å²) >= 11 is 2.40. The quantitative estimate of drug-likeness (QED) is 0.460. The number of unbranched alkanes of at least 4 members (excludes halogenated alkanes) is 1. The minimum atomic E-state index is 0.479. The van der Waals surface area contributed by atoms with Crippen LogP contribution in [0.25, 0.3) is 0 Å². The summed E-state index contributed by atoms with van der Waals surface area (Å²) in [6, 6.07) is 17.5. The van der Waals surface area contributed by atoms with Gasteiger partial charge in [0.2, 0.25) is 0 Å². The molecule has 1 atom stereocenters. The van der Waals surface area contributed by atoms with Crippen molar-refractivity contribution in [2.24, 2.45) is 0 Å². The Morgan fingerprint density at radius 3 is 2.61 bits per heavy atom. The lowest BCUT2D eigenvalue weighted by Gasteiger charge is -2.15. The van der Waals surface area contributed by atoms with Crippen molar-refractivity contribution < 1.29 is 4.74 Å². The molecule has 23 heavy (non-hydrogen) atoms. The van der Waals surface area contributed by atoms with Crippen molar-refractivity contribution in [3.8, 4) is 5.75 Å². The van der Waals surface area contributed by atoms with Crippen LogP contribution in [-0.2, 0) is 12.8 Å². The molecule has 0 heterocycles. The predicted octanol–water partition coefficient (Wildman–Crippen LogP) is 4.84. The van der Waals surface area contributed by atoms with Crippen molar-refractivity contribution in [2.45, 2.75) is 38.6 Å². The molecule has 2 aromatic rings. The molecule has 0 aliphatic heterocycles. The molecule has 0 aliphatic rings. The Morgan fingerprint density at radius 1 is 1.09 bits per heavy atom. The van der Waals surface area contributed by atoms with Gasteiger partial charge in [0.1, 0.15) is 5.75 Å². The fourth-order valence-electron chi connectivity index (χ4n) is 2.68. The molecule has 0 spiro atoms. The van der Waals surface area contributed by atoms with Gasteiger partial charge in [-0.1, -0.05) is 30.3 Å². The number of halogens is 1. The summed E-state index contributed by atoms with van der Waals surface area (Å²) in [5.41, 5.74) is 2.79. The van der Waals surface area contributed by atoms with Crippen LogP contribution in [0, 0.1) is 3.57 Å². The molecule has 0 saturated heterocycles. The molecule has 0 bridgehead atoms. The first kappa shape index (κ1) is 18.3. The van der Waals surface area contributed by atoms with E-state index in [0.29, 0.717) is 6.04 Å². The summed E-state index contributed by atoms with van der Waals surface area (Å²) in [5.74, 6) is 0.940. The highest BCUT2D eigenvalue weighted by molar-refractivity contribution is 14.1. The third-order valence-electron chi connectivity index (χ3n) is 4.01. The fraction of sp³-hybridized carbons (Fsp3) is 0.400. The Bertz CT molecular complexity index is 585. The first-order valence-corrected chi connectivity index (χ1v) is 9.36. The van der Waals surface area contributed by atoms with Gasteiger partial charge in [-0.15, -0.1) is 0 Å². The third-order valence-corrected chi connectivity index (χ3v) is 5.06. The Labute approximate surface area is 153 Å². The maximum Gasteiger partial charge on any atom is 0.119 e. The predicted molar refractivity (Wildman–Crippen MR) is 106 cm³/mol. The molecule has 1 N–H and O–H groups in total. The van der Waals surface area contributed by atoms with Crippen LogP contribution in [0.4, 0.5) is 0 Å². The lowest BCUT2D eigenvalue weighted by atomic mass is 10.1. The summed E-state index contributed by atoms with van der Waals surface area (Å²) in [6.07, 6.45) is 4.66. The van der Waals surface area contributed by atoms with E-state index in [1.165, 1.54) is 34.0 Å². The number of ether oxygens (including phenoxy) is 1. The second-order valence-electron chi connectivity index (χ2n) is 5.96. The highest BCUT2D eigenvalue weighted by Gasteiger charge is 2.07. The molecule has 3 heteroatoms. The van der Waals surface area contributed by atoms with Gasteiger partial charge >= 0.3 is 0 Å². The molecular weight excluding hydrogens is 397 g/mol. The van der Waals surface area contributed by atoms with Crippen LogP contribution in [-0.4, -0.2) is 19.7 Å². The Hall–Kier alpha value is -1.07. The summed E-state index contributed by atoms with van der Waals surface area (Å²) in [5, 5.41) is 3.64. The summed E-state index contributed by atoms with van der Waals surface area (Å²) < 4.78 is 6.63. The second-order valence-corrected chi connectivity index (χ2v) is 7.12. The van der Waals surface area contributed by atoms with E-state index in [9.17, 15) is 0 Å². The van der Waals surface area contributed by atoms with E-state index in [2.05, 4.69) is 77.3 Å². The van der Waals surface area contributed by atoms with E-state index >= 15 is 0 Å². The Morgan fingerprint density at radius 2 is 1.87 bits per heavy atom. The molecule has 0 aliphatic carbocycles. The first-order chi connectivity index (χ1) is 11.2. The van der Waals surface area contributed by atoms with Crippen LogP contribution >= 0.6 is 22.6 Å². The Kier molecular flexibility index (Phi) is 7.89. The number of methoxy groups -OCH3 is 1. The minimum Gasteiger partial charge on any atom is -0.497 e. The average molecular weight is 423 g/mol. The van der Waals surface area contributed by atoms with E-state index in [1.807, 2.05) is 6.07 Å². The highest BCUT2D eigenvalue weighted by atomic mass is 127. The average Bonchev–Trinajstić information content (AvgIpc) is 2.57. The summed E-state index contributed by atoms with van der Waals surface area (Å²) in [7, 11) is 1.72. The molecule has 0 aromatic heterocycles. The van der Waals surface area contributed by atoms with Gasteiger partial charge in [-0.25, -0.2) is 0 Å². The largest absolute Gasteiger partial charge is 0.497 e. The van der Waals surface area contributed by atoms with Crippen LogP contribution in [0.1, 0.15) is 30.9 Å². The van der Waals surface area contributed by atoms with Crippen LogP contribution in [0.3, 0.4) is 0 Å². The molecule has 0 saturated carbocycles. The van der Waals surface area contributed by atoms with Crippen molar-refractivity contribution in [3.63, 3.8) is 0 Å². The van der Waals surface area contributed by atoms with E-state index in [-0.39, 0.29) is 0 Å². The Balaban J connectivity index is 1.68. The second kappa shape index (κ2) is 9.93. The maximum absolute atomic E-state index is 5.32. The van der Waals surface area contributed by atoms with Crippen molar-refractivity contribution in [2.75, 3.05) is 13.7 Å². The number of benzene rings is 2. The zero-order valence-corrected chi connectivity index (χ0v) is 16.2. The normalized spacial score (nSPS) is 12.1. The van der Waals surface area contributed by atoms with Crippen LogP contribution < -0.4 is 10.1 Å². The van der Waals surface area contributed by atoms with Crippen molar-refractivity contribution >= 4 is 22.6 Å². The molecule has 0 amide bonds. The number of aryl methyl sites for hydroxylation is 1. The first-order valence-electron chi connectivity index (χ1n) is 8.29. The molecule has 2 aromatic carbocycles. The lowest BCUT2D eigenvalue weighted by Crippen LogP contribution is -2.29. The summed E-state index contributed by atoms with van der Waals surface area (Å²) in [6.45, 7) is 3.33. The number of rotatable bonds is 9. The molecular formula is C20H26INO. The van der Waals surface area contributed by atoms with Crippen LogP contribution in [0.15, 0.2) is 48.5 Å². The topological polar surface area (TPSA) is 21.3 Å².